The summed E-state index contributed by atoms with van der Waals surface area (Å²) in [5.41, 5.74) is 2.29. The summed E-state index contributed by atoms with van der Waals surface area (Å²) in [6.45, 7) is 4.07. The van der Waals surface area contributed by atoms with Crippen molar-refractivity contribution in [2.24, 2.45) is 0 Å². The monoisotopic (exact) mass is 299 g/mol. The number of nitro benzene ring substituents is 1. The van der Waals surface area contributed by atoms with Crippen molar-refractivity contribution < 1.29 is 9.34 Å². The van der Waals surface area contributed by atoms with Crippen LogP contribution >= 0.6 is 0 Å². The Morgan fingerprint density at radius 2 is 2.09 bits per heavy atom. The topological polar surface area (TPSA) is 91.2 Å². The molecule has 22 heavy (non-hydrogen) atoms. The molecule has 0 N–H and O–H groups in total. The van der Waals surface area contributed by atoms with Crippen LogP contribution in [0, 0.1) is 24.0 Å². The van der Waals surface area contributed by atoms with Crippen LogP contribution in [0.1, 0.15) is 16.8 Å². The van der Waals surface area contributed by atoms with Crippen LogP contribution in [-0.2, 0) is 6.54 Å². The highest BCUT2D eigenvalue weighted by atomic mass is 16.6. The van der Waals surface area contributed by atoms with Crippen LogP contribution in [-0.4, -0.2) is 14.7 Å². The second kappa shape index (κ2) is 5.10. The number of hydrogen-bond donors (Lipinski definition) is 0. The summed E-state index contributed by atoms with van der Waals surface area (Å²) in [4.78, 5) is 21.8. The molecule has 0 spiro atoms. The van der Waals surface area contributed by atoms with Gasteiger partial charge in [-0.1, -0.05) is 12.1 Å². The first kappa shape index (κ1) is 14.0. The maximum Gasteiger partial charge on any atom is 0.337 e. The lowest BCUT2D eigenvalue weighted by molar-refractivity contribution is -0.384. The van der Waals surface area contributed by atoms with Gasteiger partial charge in [-0.3, -0.25) is 14.8 Å². The van der Waals surface area contributed by atoms with Crippen molar-refractivity contribution in [2.75, 3.05) is 0 Å². The molecule has 0 bridgehead atoms. The molecule has 2 aromatic heterocycles. The molecule has 7 heteroatoms. The third-order valence-corrected chi connectivity index (χ3v) is 3.55. The molecule has 0 fully saturated rings. The number of aromatic nitrogens is 2. The summed E-state index contributed by atoms with van der Waals surface area (Å²) in [6, 6.07) is 7.81. The number of rotatable bonds is 3. The summed E-state index contributed by atoms with van der Waals surface area (Å²) in [6.07, 6.45) is 0. The van der Waals surface area contributed by atoms with Gasteiger partial charge in [0.25, 0.3) is 5.69 Å². The number of aryl methyl sites for hydroxylation is 2. The summed E-state index contributed by atoms with van der Waals surface area (Å²) in [5.74, 6) is 0. The van der Waals surface area contributed by atoms with Gasteiger partial charge in [-0.2, -0.15) is 0 Å². The Morgan fingerprint density at radius 3 is 2.82 bits per heavy atom. The lowest BCUT2D eigenvalue weighted by Crippen LogP contribution is -2.04. The first-order chi connectivity index (χ1) is 10.5. The molecule has 3 rings (SSSR count). The van der Waals surface area contributed by atoms with Gasteiger partial charge >= 0.3 is 5.63 Å². The predicted molar refractivity (Wildman–Crippen MR) is 79.9 cm³/mol. The second-order valence-corrected chi connectivity index (χ2v) is 5.10. The highest BCUT2D eigenvalue weighted by Gasteiger charge is 2.14. The number of fused-ring (bicyclic) bond motifs is 1. The van der Waals surface area contributed by atoms with Gasteiger partial charge in [-0.15, -0.1) is 5.10 Å². The minimum Gasteiger partial charge on any atom is -0.402 e. The molecule has 0 aliphatic rings. The van der Waals surface area contributed by atoms with E-state index in [1.165, 1.54) is 18.2 Å². The van der Waals surface area contributed by atoms with Crippen LogP contribution in [0.4, 0.5) is 5.69 Å². The number of hydrogen-bond acceptors (Lipinski definition) is 5. The maximum atomic E-state index is 11.4. The van der Waals surface area contributed by atoms with E-state index in [9.17, 15) is 14.9 Å². The zero-order valence-corrected chi connectivity index (χ0v) is 12.1. The lowest BCUT2D eigenvalue weighted by Gasteiger charge is -2.04. The molecular formula is C15H13N3O4. The zero-order chi connectivity index (χ0) is 15.9. The van der Waals surface area contributed by atoms with Crippen LogP contribution in [0.5, 0.6) is 0 Å². The van der Waals surface area contributed by atoms with E-state index in [0.29, 0.717) is 6.54 Å². The highest BCUT2D eigenvalue weighted by Crippen LogP contribution is 2.21. The van der Waals surface area contributed by atoms with Gasteiger partial charge in [0.1, 0.15) is 0 Å². The number of nitrogens with zero attached hydrogens (tertiary/aromatic N) is 3. The average molecular weight is 299 g/mol. The molecule has 112 valence electrons. The van der Waals surface area contributed by atoms with Crippen molar-refractivity contribution in [1.82, 2.24) is 9.78 Å². The molecule has 0 aliphatic heterocycles. The fraction of sp³-hybridized carbons (Fsp3) is 0.200. The average Bonchev–Trinajstić information content (AvgIpc) is 2.75. The van der Waals surface area contributed by atoms with E-state index in [1.54, 1.807) is 16.8 Å². The van der Waals surface area contributed by atoms with Crippen molar-refractivity contribution in [1.29, 1.82) is 0 Å². The molecule has 3 aromatic rings. The molecule has 0 radical (unpaired) electrons. The van der Waals surface area contributed by atoms with Crippen LogP contribution in [0.15, 0.2) is 39.5 Å². The standard InChI is InChI=1S/C15H13N3O4/c1-9-6-13(19)22-15-14(9)10(2)17(16-15)8-11-4-3-5-12(7-11)18(20)21/h3-7H,8H2,1-2H3. The quantitative estimate of drug-likeness (QED) is 0.547. The van der Waals surface area contributed by atoms with Crippen LogP contribution in [0.3, 0.4) is 0 Å². The molecule has 2 heterocycles. The highest BCUT2D eigenvalue weighted by molar-refractivity contribution is 5.79. The van der Waals surface area contributed by atoms with E-state index in [-0.39, 0.29) is 11.4 Å². The maximum absolute atomic E-state index is 11.4. The van der Waals surface area contributed by atoms with E-state index < -0.39 is 10.5 Å². The number of non-ortho nitro benzene ring substituents is 1. The molecule has 0 aliphatic carbocycles. The Bertz CT molecular complexity index is 940. The van der Waals surface area contributed by atoms with Gasteiger partial charge in [0.15, 0.2) is 0 Å². The Balaban J connectivity index is 2.06. The van der Waals surface area contributed by atoms with Crippen LogP contribution in [0.25, 0.3) is 11.1 Å². The van der Waals surface area contributed by atoms with Crippen LogP contribution in [0.2, 0.25) is 0 Å². The van der Waals surface area contributed by atoms with Gasteiger partial charge in [0.2, 0.25) is 5.71 Å². The van der Waals surface area contributed by atoms with Crippen molar-refractivity contribution >= 4 is 16.8 Å². The molecule has 0 atom stereocenters. The summed E-state index contributed by atoms with van der Waals surface area (Å²) < 4.78 is 6.79. The van der Waals surface area contributed by atoms with Crippen molar-refractivity contribution in [3.8, 4) is 0 Å². The first-order valence-electron chi connectivity index (χ1n) is 6.67. The van der Waals surface area contributed by atoms with Crippen molar-refractivity contribution in [3.05, 3.63) is 67.7 Å². The molecule has 7 nitrogen and oxygen atoms in total. The second-order valence-electron chi connectivity index (χ2n) is 5.10. The number of benzene rings is 1. The SMILES string of the molecule is Cc1cc(=O)oc2nn(Cc3cccc([N+](=O)[O-])c3)c(C)c12. The number of nitro groups is 1. The van der Waals surface area contributed by atoms with Gasteiger partial charge in [0.05, 0.1) is 16.9 Å². The fourth-order valence-corrected chi connectivity index (χ4v) is 2.51. The lowest BCUT2D eigenvalue weighted by atomic mass is 10.1. The first-order valence-corrected chi connectivity index (χ1v) is 6.67. The van der Waals surface area contributed by atoms with Gasteiger partial charge in [-0.05, 0) is 25.0 Å². The Kier molecular flexibility index (Phi) is 3.25. The Labute approximate surface area is 124 Å². The normalized spacial score (nSPS) is 11.0. The van der Waals surface area contributed by atoms with E-state index in [1.807, 2.05) is 13.8 Å². The van der Waals surface area contributed by atoms with E-state index >= 15 is 0 Å². The molecule has 0 saturated heterocycles. The molecule has 0 unspecified atom stereocenters. The Hall–Kier alpha value is -2.96. The smallest absolute Gasteiger partial charge is 0.337 e. The van der Waals surface area contributed by atoms with Gasteiger partial charge in [0, 0.05) is 23.9 Å². The minimum absolute atomic E-state index is 0.0366. The molecular weight excluding hydrogens is 286 g/mol. The van der Waals surface area contributed by atoms with E-state index in [4.69, 9.17) is 4.42 Å². The fourth-order valence-electron chi connectivity index (χ4n) is 2.51. The summed E-state index contributed by atoms with van der Waals surface area (Å²) in [7, 11) is 0. The van der Waals surface area contributed by atoms with Crippen LogP contribution < -0.4 is 5.63 Å². The molecule has 1 aromatic carbocycles. The van der Waals surface area contributed by atoms with E-state index in [2.05, 4.69) is 5.10 Å². The Morgan fingerprint density at radius 1 is 1.32 bits per heavy atom. The predicted octanol–water partition coefficient (Wildman–Crippen LogP) is 2.56. The molecule has 0 amide bonds. The van der Waals surface area contributed by atoms with E-state index in [0.717, 1.165) is 22.2 Å². The third-order valence-electron chi connectivity index (χ3n) is 3.55. The summed E-state index contributed by atoms with van der Waals surface area (Å²) in [5, 5.41) is 15.9. The molecule has 0 saturated carbocycles. The third kappa shape index (κ3) is 2.37. The van der Waals surface area contributed by atoms with Crippen molar-refractivity contribution in [3.63, 3.8) is 0 Å². The largest absolute Gasteiger partial charge is 0.402 e. The zero-order valence-electron chi connectivity index (χ0n) is 12.1. The van der Waals surface area contributed by atoms with Crippen molar-refractivity contribution in [2.45, 2.75) is 20.4 Å². The van der Waals surface area contributed by atoms with Gasteiger partial charge < -0.3 is 4.42 Å². The summed E-state index contributed by atoms with van der Waals surface area (Å²) >= 11 is 0. The van der Waals surface area contributed by atoms with Gasteiger partial charge in [-0.25, -0.2) is 4.79 Å². The minimum atomic E-state index is -0.440.